The summed E-state index contributed by atoms with van der Waals surface area (Å²) in [5.41, 5.74) is 3.30. The van der Waals surface area contributed by atoms with Crippen molar-refractivity contribution in [2.45, 2.75) is 57.6 Å². The van der Waals surface area contributed by atoms with Crippen molar-refractivity contribution in [2.75, 3.05) is 19.7 Å². The smallest absolute Gasteiger partial charge is 0.289 e. The van der Waals surface area contributed by atoms with E-state index in [0.29, 0.717) is 11.8 Å². The summed E-state index contributed by atoms with van der Waals surface area (Å²) in [6, 6.07) is 6.39. The summed E-state index contributed by atoms with van der Waals surface area (Å²) in [5, 5.41) is 6.53. The van der Waals surface area contributed by atoms with Gasteiger partial charge in [-0.05, 0) is 32.0 Å². The first-order valence-corrected chi connectivity index (χ1v) is 13.4. The lowest BCUT2D eigenvalue weighted by Crippen LogP contribution is -2.62. The first kappa shape index (κ1) is 31.9. The van der Waals surface area contributed by atoms with Crippen LogP contribution < -0.4 is 11.1 Å². The molecule has 0 aliphatic carbocycles. The molecule has 0 spiro atoms. The molecule has 0 radical (unpaired) electrons. The molecule has 10 nitrogen and oxygen atoms in total. The number of hydrogen-bond donors (Lipinski definition) is 2. The monoisotopic (exact) mass is 610 g/mol. The van der Waals surface area contributed by atoms with Gasteiger partial charge in [0, 0.05) is 49.5 Å². The number of piperidine rings is 1. The third-order valence-corrected chi connectivity index (χ3v) is 7.19. The number of hydrogen-bond acceptors (Lipinski definition) is 7. The topological polar surface area (TPSA) is 130 Å². The van der Waals surface area contributed by atoms with E-state index in [4.69, 9.17) is 10.5 Å². The molecular formula is C28H31F5N6O4. The molecule has 2 aromatic rings. The number of fused-ring (bicyclic) bond motifs is 1. The normalized spacial score (nSPS) is 20.1. The van der Waals surface area contributed by atoms with Crippen LogP contribution in [0.3, 0.4) is 0 Å². The SMILES string of the molecule is CC(C)(N)C(=O)NC(COCc1ccc(F)cc1F)C(=O)N1CCC2=NN(C(F)C(F)F)C(=O)C2(Cc2ccccn2)C1. The fourth-order valence-corrected chi connectivity index (χ4v) is 4.88. The predicted molar refractivity (Wildman–Crippen MR) is 143 cm³/mol. The molecule has 3 heterocycles. The molecule has 0 bridgehead atoms. The molecule has 2 aliphatic heterocycles. The van der Waals surface area contributed by atoms with Crippen LogP contribution in [0.15, 0.2) is 47.7 Å². The number of carbonyl (C=O) groups is 3. The Balaban J connectivity index is 1.60. The van der Waals surface area contributed by atoms with E-state index in [-0.39, 0.29) is 48.8 Å². The van der Waals surface area contributed by atoms with E-state index < -0.39 is 65.7 Å². The van der Waals surface area contributed by atoms with E-state index in [1.165, 1.54) is 31.0 Å². The maximum atomic E-state index is 14.4. The summed E-state index contributed by atoms with van der Waals surface area (Å²) in [6.45, 7) is 1.58. The molecule has 1 saturated heterocycles. The maximum absolute atomic E-state index is 14.4. The number of nitrogens with zero attached hydrogens (tertiary/aromatic N) is 4. The summed E-state index contributed by atoms with van der Waals surface area (Å²) in [7, 11) is 0. The number of carbonyl (C=O) groups excluding carboxylic acids is 3. The minimum absolute atomic E-state index is 0.00247. The highest BCUT2D eigenvalue weighted by Crippen LogP contribution is 2.40. The molecule has 3 atom stereocenters. The molecule has 3 amide bonds. The van der Waals surface area contributed by atoms with Gasteiger partial charge in [-0.2, -0.15) is 10.1 Å². The minimum atomic E-state index is -3.51. The number of pyridine rings is 1. The lowest BCUT2D eigenvalue weighted by molar-refractivity contribution is -0.151. The van der Waals surface area contributed by atoms with Gasteiger partial charge >= 0.3 is 0 Å². The summed E-state index contributed by atoms with van der Waals surface area (Å²) in [5.74, 6) is -4.13. The molecule has 3 unspecified atom stereocenters. The molecule has 43 heavy (non-hydrogen) atoms. The van der Waals surface area contributed by atoms with Crippen molar-refractivity contribution in [3.05, 3.63) is 65.5 Å². The van der Waals surface area contributed by atoms with Gasteiger partial charge in [0.05, 0.1) is 24.5 Å². The van der Waals surface area contributed by atoms with Crippen molar-refractivity contribution < 1.29 is 41.1 Å². The van der Waals surface area contributed by atoms with E-state index >= 15 is 0 Å². The molecule has 3 N–H and O–H groups in total. The number of halogens is 5. The summed E-state index contributed by atoms with van der Waals surface area (Å²) in [4.78, 5) is 45.5. The van der Waals surface area contributed by atoms with E-state index in [2.05, 4.69) is 15.4 Å². The Morgan fingerprint density at radius 1 is 1.19 bits per heavy atom. The van der Waals surface area contributed by atoms with E-state index in [9.17, 15) is 36.3 Å². The molecule has 232 valence electrons. The molecule has 4 rings (SSSR count). The molecule has 0 saturated carbocycles. The van der Waals surface area contributed by atoms with Gasteiger partial charge in [0.25, 0.3) is 18.6 Å². The van der Waals surface area contributed by atoms with Gasteiger partial charge in [-0.15, -0.1) is 0 Å². The van der Waals surface area contributed by atoms with Crippen LogP contribution in [0, 0.1) is 17.0 Å². The average Bonchev–Trinajstić information content (AvgIpc) is 3.23. The number of rotatable bonds is 11. The molecule has 2 aliphatic rings. The minimum Gasteiger partial charge on any atom is -0.374 e. The van der Waals surface area contributed by atoms with Crippen LogP contribution in [0.25, 0.3) is 0 Å². The van der Waals surface area contributed by atoms with E-state index in [1.54, 1.807) is 18.2 Å². The summed E-state index contributed by atoms with van der Waals surface area (Å²) >= 11 is 0. The maximum Gasteiger partial charge on any atom is 0.289 e. The van der Waals surface area contributed by atoms with Crippen molar-refractivity contribution >= 4 is 23.4 Å². The summed E-state index contributed by atoms with van der Waals surface area (Å²) < 4.78 is 73.9. The average molecular weight is 611 g/mol. The predicted octanol–water partition coefficient (Wildman–Crippen LogP) is 2.32. The number of hydrazone groups is 1. The van der Waals surface area contributed by atoms with Gasteiger partial charge in [-0.1, -0.05) is 12.1 Å². The van der Waals surface area contributed by atoms with Crippen molar-refractivity contribution in [3.8, 4) is 0 Å². The van der Waals surface area contributed by atoms with Crippen molar-refractivity contribution in [3.63, 3.8) is 0 Å². The van der Waals surface area contributed by atoms with Crippen LogP contribution in [0.1, 0.15) is 31.5 Å². The lowest BCUT2D eigenvalue weighted by Gasteiger charge is -2.40. The van der Waals surface area contributed by atoms with Crippen LogP contribution in [-0.4, -0.2) is 82.3 Å². The number of nitrogens with two attached hydrogens (primary N) is 1. The Hall–Kier alpha value is -3.98. The zero-order valence-corrected chi connectivity index (χ0v) is 23.4. The second-order valence-corrected chi connectivity index (χ2v) is 11.0. The Morgan fingerprint density at radius 3 is 2.56 bits per heavy atom. The largest absolute Gasteiger partial charge is 0.374 e. The van der Waals surface area contributed by atoms with Crippen LogP contribution in [0.2, 0.25) is 0 Å². The highest BCUT2D eigenvalue weighted by molar-refractivity contribution is 6.14. The molecule has 15 heteroatoms. The number of benzene rings is 1. The van der Waals surface area contributed by atoms with Gasteiger partial charge in [0.1, 0.15) is 23.1 Å². The molecule has 1 fully saturated rings. The van der Waals surface area contributed by atoms with Crippen molar-refractivity contribution in [1.29, 1.82) is 0 Å². The number of aromatic nitrogens is 1. The Labute approximate surface area is 244 Å². The van der Waals surface area contributed by atoms with Gasteiger partial charge in [-0.3, -0.25) is 19.4 Å². The van der Waals surface area contributed by atoms with Gasteiger partial charge < -0.3 is 20.7 Å². The summed E-state index contributed by atoms with van der Waals surface area (Å²) in [6.07, 6.45) is -5.25. The number of amides is 3. The van der Waals surface area contributed by atoms with Crippen LogP contribution >= 0.6 is 0 Å². The Bertz CT molecular complexity index is 1390. The van der Waals surface area contributed by atoms with Crippen molar-refractivity contribution in [2.24, 2.45) is 16.3 Å². The van der Waals surface area contributed by atoms with Gasteiger partial charge in [0.15, 0.2) is 0 Å². The number of nitrogens with one attached hydrogen (secondary N) is 1. The zero-order chi connectivity index (χ0) is 31.5. The highest BCUT2D eigenvalue weighted by atomic mass is 19.3. The first-order chi connectivity index (χ1) is 20.2. The number of alkyl halides is 3. The van der Waals surface area contributed by atoms with E-state index in [1.807, 2.05) is 0 Å². The van der Waals surface area contributed by atoms with Gasteiger partial charge in [0.2, 0.25) is 11.8 Å². The number of ether oxygens (including phenoxy) is 1. The quantitative estimate of drug-likeness (QED) is 0.297. The fraction of sp³-hybridized carbons (Fsp3) is 0.464. The Morgan fingerprint density at radius 2 is 1.93 bits per heavy atom. The standard InChI is InChI=1S/C28H31F5N6O4/c1-27(2,34)25(41)36-20(14-43-13-16-6-7-17(29)11-19(16)30)24(40)38-10-8-21-28(15-38,12-18-5-3-4-9-35-18)26(42)39(37-21)23(33)22(31)32/h3-7,9,11,20,22-23H,8,10,12-15,34H2,1-2H3,(H,36,41). The van der Waals surface area contributed by atoms with Crippen LogP contribution in [0.5, 0.6) is 0 Å². The first-order valence-electron chi connectivity index (χ1n) is 13.4. The molecule has 1 aromatic carbocycles. The number of likely N-dealkylation sites (tertiary alicyclic amines) is 1. The van der Waals surface area contributed by atoms with Crippen LogP contribution in [0.4, 0.5) is 22.0 Å². The van der Waals surface area contributed by atoms with Crippen LogP contribution in [-0.2, 0) is 32.1 Å². The molecular weight excluding hydrogens is 579 g/mol. The lowest BCUT2D eigenvalue weighted by atomic mass is 9.74. The third-order valence-electron chi connectivity index (χ3n) is 7.19. The van der Waals surface area contributed by atoms with E-state index in [0.717, 1.165) is 6.07 Å². The molecule has 1 aromatic heterocycles. The zero-order valence-electron chi connectivity index (χ0n) is 23.4. The second-order valence-electron chi connectivity index (χ2n) is 11.0. The Kier molecular flexibility index (Phi) is 9.44. The highest BCUT2D eigenvalue weighted by Gasteiger charge is 2.57. The van der Waals surface area contributed by atoms with Gasteiger partial charge in [-0.25, -0.2) is 22.0 Å². The fourth-order valence-electron chi connectivity index (χ4n) is 4.88. The third kappa shape index (κ3) is 6.99. The van der Waals surface area contributed by atoms with Crippen molar-refractivity contribution in [1.82, 2.24) is 20.2 Å². The second kappa shape index (κ2) is 12.7.